The number of aryl methyl sites for hydroxylation is 1. The van der Waals surface area contributed by atoms with Crippen molar-refractivity contribution in [1.29, 1.82) is 0 Å². The molecule has 2 nitrogen and oxygen atoms in total. The molecular formula is C21H35NOS. The Morgan fingerprint density at radius 1 is 0.875 bits per heavy atom. The molecule has 1 amide bonds. The average Bonchev–Trinajstić information content (AvgIpc) is 2.55. The number of hydrogen-bond acceptors (Lipinski definition) is 1. The maximum atomic E-state index is 11.4. The van der Waals surface area contributed by atoms with Crippen molar-refractivity contribution < 1.29 is 4.79 Å². The van der Waals surface area contributed by atoms with Gasteiger partial charge < -0.3 is 5.32 Å². The van der Waals surface area contributed by atoms with Crippen LogP contribution < -0.4 is 5.32 Å². The fourth-order valence-electron chi connectivity index (χ4n) is 3.22. The van der Waals surface area contributed by atoms with E-state index in [-0.39, 0.29) is 5.24 Å². The number of thiol groups is 1. The molecule has 0 saturated heterocycles. The smallest absolute Gasteiger partial charge is 0.280 e. The standard InChI is InChI=1S/C21H35NOS/c1-3-5-7-9-11-14-18-15-13-17-20(22-21(23)24)19(18)16-12-10-8-6-4-2/h13,15,17H,3-12,14,16H2,1-2H3,(H2,22,23,24). The first-order chi connectivity index (χ1) is 11.7. The molecule has 0 aliphatic rings. The van der Waals surface area contributed by atoms with E-state index >= 15 is 0 Å². The van der Waals surface area contributed by atoms with E-state index in [2.05, 4.69) is 43.9 Å². The minimum Gasteiger partial charge on any atom is -0.317 e. The van der Waals surface area contributed by atoms with Crippen molar-refractivity contribution in [1.82, 2.24) is 0 Å². The molecule has 0 aromatic heterocycles. The van der Waals surface area contributed by atoms with Gasteiger partial charge in [-0.15, -0.1) is 0 Å². The van der Waals surface area contributed by atoms with E-state index in [0.29, 0.717) is 0 Å². The molecule has 0 atom stereocenters. The molecule has 136 valence electrons. The maximum absolute atomic E-state index is 11.4. The minimum atomic E-state index is -0.276. The number of amides is 1. The summed E-state index contributed by atoms with van der Waals surface area (Å²) in [6.07, 6.45) is 15.0. The van der Waals surface area contributed by atoms with Crippen LogP contribution in [0.15, 0.2) is 18.2 Å². The normalized spacial score (nSPS) is 10.8. The van der Waals surface area contributed by atoms with Gasteiger partial charge in [-0.3, -0.25) is 4.79 Å². The van der Waals surface area contributed by atoms with E-state index in [1.54, 1.807) is 0 Å². The largest absolute Gasteiger partial charge is 0.317 e. The van der Waals surface area contributed by atoms with Gasteiger partial charge in [0.1, 0.15) is 0 Å². The van der Waals surface area contributed by atoms with E-state index in [9.17, 15) is 4.79 Å². The Morgan fingerprint density at radius 3 is 2.04 bits per heavy atom. The van der Waals surface area contributed by atoms with Crippen LogP contribution in [0.2, 0.25) is 0 Å². The molecule has 0 bridgehead atoms. The molecule has 1 aromatic rings. The van der Waals surface area contributed by atoms with Gasteiger partial charge in [0.2, 0.25) is 0 Å². The van der Waals surface area contributed by atoms with Crippen LogP contribution in [0.4, 0.5) is 10.5 Å². The molecular weight excluding hydrogens is 314 g/mol. The number of unbranched alkanes of at least 4 members (excludes halogenated alkanes) is 8. The summed E-state index contributed by atoms with van der Waals surface area (Å²) < 4.78 is 0. The third-order valence-electron chi connectivity index (χ3n) is 4.59. The second-order valence-electron chi connectivity index (χ2n) is 6.70. The number of anilines is 1. The number of carbonyl (C=O) groups excluding carboxylic acids is 1. The van der Waals surface area contributed by atoms with Crippen molar-refractivity contribution >= 4 is 23.6 Å². The molecule has 1 aromatic carbocycles. The van der Waals surface area contributed by atoms with Crippen LogP contribution >= 0.6 is 12.6 Å². The van der Waals surface area contributed by atoms with E-state index < -0.39 is 0 Å². The molecule has 0 spiro atoms. The van der Waals surface area contributed by atoms with Gasteiger partial charge in [0, 0.05) is 5.69 Å². The van der Waals surface area contributed by atoms with E-state index in [0.717, 1.165) is 18.5 Å². The molecule has 1 rings (SSSR count). The number of rotatable bonds is 13. The first-order valence-electron chi connectivity index (χ1n) is 9.79. The lowest BCUT2D eigenvalue weighted by Crippen LogP contribution is -2.07. The Labute approximate surface area is 154 Å². The van der Waals surface area contributed by atoms with Crippen molar-refractivity contribution in [3.8, 4) is 0 Å². The third kappa shape index (κ3) is 8.77. The summed E-state index contributed by atoms with van der Waals surface area (Å²) >= 11 is 3.89. The summed E-state index contributed by atoms with van der Waals surface area (Å²) in [6.45, 7) is 4.49. The molecule has 0 aliphatic heterocycles. The zero-order chi connectivity index (χ0) is 17.6. The van der Waals surface area contributed by atoms with Crippen LogP contribution in [0.25, 0.3) is 0 Å². The molecule has 0 aliphatic carbocycles. The Balaban J connectivity index is 2.66. The third-order valence-corrected chi connectivity index (χ3v) is 4.71. The maximum Gasteiger partial charge on any atom is 0.280 e. The molecule has 0 unspecified atom stereocenters. The Bertz CT molecular complexity index is 473. The van der Waals surface area contributed by atoms with Gasteiger partial charge in [-0.05, 0) is 42.9 Å². The van der Waals surface area contributed by atoms with Crippen LogP contribution in [-0.4, -0.2) is 5.24 Å². The lowest BCUT2D eigenvalue weighted by molar-refractivity contribution is 0.270. The number of carbonyl (C=O) groups is 1. The summed E-state index contributed by atoms with van der Waals surface area (Å²) in [4.78, 5) is 11.4. The van der Waals surface area contributed by atoms with Crippen LogP contribution in [0.5, 0.6) is 0 Å². The van der Waals surface area contributed by atoms with E-state index in [1.807, 2.05) is 6.07 Å². The van der Waals surface area contributed by atoms with Crippen molar-refractivity contribution in [3.63, 3.8) is 0 Å². The van der Waals surface area contributed by atoms with Crippen LogP contribution in [0.3, 0.4) is 0 Å². The topological polar surface area (TPSA) is 29.1 Å². The van der Waals surface area contributed by atoms with Crippen LogP contribution in [0, 0.1) is 0 Å². The number of hydrogen-bond donors (Lipinski definition) is 2. The lowest BCUT2D eigenvalue weighted by Gasteiger charge is -2.15. The molecule has 0 radical (unpaired) electrons. The Hall–Kier alpha value is -0.960. The summed E-state index contributed by atoms with van der Waals surface area (Å²) in [7, 11) is 0. The molecule has 1 N–H and O–H groups in total. The van der Waals surface area contributed by atoms with Crippen molar-refractivity contribution in [2.45, 2.75) is 90.9 Å². The highest BCUT2D eigenvalue weighted by atomic mass is 32.1. The zero-order valence-corrected chi connectivity index (χ0v) is 16.5. The van der Waals surface area contributed by atoms with Gasteiger partial charge >= 0.3 is 0 Å². The van der Waals surface area contributed by atoms with E-state index in [1.165, 1.54) is 75.3 Å². The van der Waals surface area contributed by atoms with Crippen molar-refractivity contribution in [3.05, 3.63) is 29.3 Å². The van der Waals surface area contributed by atoms with Crippen molar-refractivity contribution in [2.75, 3.05) is 5.32 Å². The summed E-state index contributed by atoms with van der Waals surface area (Å²) in [5, 5.41) is 2.63. The summed E-state index contributed by atoms with van der Waals surface area (Å²) in [6, 6.07) is 6.30. The first kappa shape index (κ1) is 21.1. The zero-order valence-electron chi connectivity index (χ0n) is 15.6. The van der Waals surface area contributed by atoms with E-state index in [4.69, 9.17) is 0 Å². The molecule has 0 saturated carbocycles. The fourth-order valence-corrected chi connectivity index (χ4v) is 3.34. The van der Waals surface area contributed by atoms with Gasteiger partial charge in [-0.2, -0.15) is 0 Å². The summed E-state index contributed by atoms with van der Waals surface area (Å²) in [5.74, 6) is 0. The van der Waals surface area contributed by atoms with Gasteiger partial charge in [0.05, 0.1) is 0 Å². The predicted octanol–water partition coefficient (Wildman–Crippen LogP) is 7.17. The quantitative estimate of drug-likeness (QED) is 0.287. The fraction of sp³-hybridized carbons (Fsp3) is 0.667. The first-order valence-corrected chi connectivity index (χ1v) is 10.2. The second kappa shape index (κ2) is 13.3. The monoisotopic (exact) mass is 349 g/mol. The van der Waals surface area contributed by atoms with Gasteiger partial charge in [-0.25, -0.2) is 0 Å². The van der Waals surface area contributed by atoms with Gasteiger partial charge in [0.15, 0.2) is 0 Å². The highest BCUT2D eigenvalue weighted by molar-refractivity contribution is 7.96. The highest BCUT2D eigenvalue weighted by Crippen LogP contribution is 2.25. The Morgan fingerprint density at radius 2 is 1.46 bits per heavy atom. The van der Waals surface area contributed by atoms with Gasteiger partial charge in [-0.1, -0.05) is 90.0 Å². The molecule has 0 heterocycles. The van der Waals surface area contributed by atoms with Crippen molar-refractivity contribution in [2.24, 2.45) is 0 Å². The minimum absolute atomic E-state index is 0.276. The molecule has 24 heavy (non-hydrogen) atoms. The predicted molar refractivity (Wildman–Crippen MR) is 109 cm³/mol. The SMILES string of the molecule is CCCCCCCc1cccc(NC(=O)S)c1CCCCCCC. The Kier molecular flexibility index (Phi) is 11.7. The van der Waals surface area contributed by atoms with Gasteiger partial charge in [0.25, 0.3) is 5.24 Å². The molecule has 0 fully saturated rings. The molecule has 3 heteroatoms. The average molecular weight is 350 g/mol. The second-order valence-corrected chi connectivity index (χ2v) is 7.11. The lowest BCUT2D eigenvalue weighted by atomic mass is 9.95. The number of nitrogens with one attached hydrogen (secondary N) is 1. The van der Waals surface area contributed by atoms with Crippen LogP contribution in [-0.2, 0) is 12.8 Å². The summed E-state index contributed by atoms with van der Waals surface area (Å²) in [5.41, 5.74) is 3.69. The number of benzene rings is 1. The highest BCUT2D eigenvalue weighted by Gasteiger charge is 2.09. The van der Waals surface area contributed by atoms with Crippen LogP contribution in [0.1, 0.15) is 89.2 Å².